The molecule has 1 N–H and O–H groups in total. The zero-order chi connectivity index (χ0) is 28.1. The van der Waals surface area contributed by atoms with E-state index < -0.39 is 23.5 Å². The van der Waals surface area contributed by atoms with Crippen molar-refractivity contribution < 1.29 is 33.3 Å². The van der Waals surface area contributed by atoms with Crippen molar-refractivity contribution in [3.8, 4) is 17.2 Å². The summed E-state index contributed by atoms with van der Waals surface area (Å²) in [4.78, 5) is 27.9. The van der Waals surface area contributed by atoms with Crippen molar-refractivity contribution in [1.29, 1.82) is 0 Å². The van der Waals surface area contributed by atoms with E-state index in [4.69, 9.17) is 25.8 Å². The van der Waals surface area contributed by atoms with E-state index in [0.29, 0.717) is 35.0 Å². The van der Waals surface area contributed by atoms with E-state index in [1.165, 1.54) is 31.3 Å². The molecular weight excluding hydrogens is 525 g/mol. The number of hydrogen-bond donors (Lipinski definition) is 1. The molecule has 9 heteroatoms. The molecule has 4 rings (SSSR count). The number of nitrogens with zero attached hydrogens (tertiary/aromatic N) is 1. The molecule has 1 saturated heterocycles. The Hall–Kier alpha value is -4.04. The lowest BCUT2D eigenvalue weighted by Crippen LogP contribution is -2.29. The van der Waals surface area contributed by atoms with Crippen LogP contribution >= 0.6 is 11.6 Å². The van der Waals surface area contributed by atoms with E-state index in [0.717, 1.165) is 25.3 Å². The van der Waals surface area contributed by atoms with Gasteiger partial charge in [0, 0.05) is 11.3 Å². The van der Waals surface area contributed by atoms with Crippen LogP contribution in [-0.4, -0.2) is 37.6 Å². The Morgan fingerprint density at radius 1 is 0.974 bits per heavy atom. The number of unbranched alkanes of at least 4 members (excludes halogenated alkanes) is 2. The third kappa shape index (κ3) is 5.71. The molecule has 1 unspecified atom stereocenters. The maximum atomic E-state index is 13.9. The Bertz CT molecular complexity index is 1410. The first-order valence-corrected chi connectivity index (χ1v) is 12.9. The second-order valence-electron chi connectivity index (χ2n) is 8.96. The van der Waals surface area contributed by atoms with Crippen molar-refractivity contribution in [3.05, 3.63) is 88.2 Å². The highest BCUT2D eigenvalue weighted by molar-refractivity contribution is 6.51. The van der Waals surface area contributed by atoms with Crippen LogP contribution in [0.2, 0.25) is 5.02 Å². The van der Waals surface area contributed by atoms with Crippen LogP contribution in [0.4, 0.5) is 10.1 Å². The lowest BCUT2D eigenvalue weighted by molar-refractivity contribution is -0.132. The smallest absolute Gasteiger partial charge is 0.300 e. The molecular formula is C30H29ClFNO6. The van der Waals surface area contributed by atoms with E-state index in [1.54, 1.807) is 42.5 Å². The molecule has 1 amide bonds. The molecule has 1 aliphatic rings. The quantitative estimate of drug-likeness (QED) is 0.130. The Morgan fingerprint density at radius 3 is 2.33 bits per heavy atom. The number of halogens is 2. The molecule has 0 aliphatic carbocycles. The summed E-state index contributed by atoms with van der Waals surface area (Å²) in [6.45, 7) is 2.69. The summed E-state index contributed by atoms with van der Waals surface area (Å²) in [5, 5.41) is 11.2. The Balaban J connectivity index is 1.82. The first-order chi connectivity index (χ1) is 18.8. The lowest BCUT2D eigenvalue weighted by Gasteiger charge is -2.26. The van der Waals surface area contributed by atoms with Gasteiger partial charge in [0.15, 0.2) is 11.5 Å². The summed E-state index contributed by atoms with van der Waals surface area (Å²) >= 11 is 6.01. The highest BCUT2D eigenvalue weighted by atomic mass is 35.5. The number of aliphatic hydroxyl groups excluding tert-OH is 1. The van der Waals surface area contributed by atoms with Crippen molar-refractivity contribution in [3.63, 3.8) is 0 Å². The van der Waals surface area contributed by atoms with Crippen molar-refractivity contribution in [2.45, 2.75) is 32.2 Å². The molecule has 1 atom stereocenters. The average molecular weight is 554 g/mol. The fourth-order valence-electron chi connectivity index (χ4n) is 4.48. The number of benzene rings is 3. The number of carbonyl (C=O) groups excluding carboxylic acids is 2. The summed E-state index contributed by atoms with van der Waals surface area (Å²) < 4.78 is 30.4. The van der Waals surface area contributed by atoms with Crippen LogP contribution in [0, 0.1) is 5.82 Å². The number of amides is 1. The van der Waals surface area contributed by atoms with Gasteiger partial charge in [-0.25, -0.2) is 4.39 Å². The number of Topliss-reactive ketones (excluding diaryl/α,β-unsaturated/α-hetero) is 1. The second-order valence-corrected chi connectivity index (χ2v) is 9.37. The predicted molar refractivity (Wildman–Crippen MR) is 147 cm³/mol. The van der Waals surface area contributed by atoms with Gasteiger partial charge < -0.3 is 19.3 Å². The molecule has 0 aromatic heterocycles. The van der Waals surface area contributed by atoms with Gasteiger partial charge in [0.05, 0.1) is 37.5 Å². The van der Waals surface area contributed by atoms with Crippen molar-refractivity contribution in [1.82, 2.24) is 0 Å². The highest BCUT2D eigenvalue weighted by Crippen LogP contribution is 2.44. The Labute approximate surface area is 231 Å². The zero-order valence-corrected chi connectivity index (χ0v) is 22.6. The van der Waals surface area contributed by atoms with Gasteiger partial charge in [-0.1, -0.05) is 37.4 Å². The van der Waals surface area contributed by atoms with Crippen LogP contribution < -0.4 is 19.1 Å². The first kappa shape index (κ1) is 28.0. The minimum absolute atomic E-state index is 0.135. The monoisotopic (exact) mass is 553 g/mol. The molecule has 39 heavy (non-hydrogen) atoms. The Kier molecular flexibility index (Phi) is 8.76. The number of anilines is 1. The van der Waals surface area contributed by atoms with E-state index >= 15 is 0 Å². The summed E-state index contributed by atoms with van der Waals surface area (Å²) in [7, 11) is 2.95. The number of methoxy groups -OCH3 is 2. The maximum absolute atomic E-state index is 13.9. The van der Waals surface area contributed by atoms with Gasteiger partial charge in [-0.3, -0.25) is 14.5 Å². The van der Waals surface area contributed by atoms with Crippen LogP contribution in [0.25, 0.3) is 5.76 Å². The number of carbonyl (C=O) groups is 2. The molecule has 0 bridgehead atoms. The van der Waals surface area contributed by atoms with Gasteiger partial charge >= 0.3 is 0 Å². The van der Waals surface area contributed by atoms with Gasteiger partial charge in [0.25, 0.3) is 11.7 Å². The third-order valence-corrected chi connectivity index (χ3v) is 6.78. The van der Waals surface area contributed by atoms with Gasteiger partial charge in [-0.05, 0) is 66.6 Å². The van der Waals surface area contributed by atoms with Gasteiger partial charge in [-0.2, -0.15) is 0 Å². The summed E-state index contributed by atoms with van der Waals surface area (Å²) in [6, 6.07) is 14.2. The molecule has 1 aliphatic heterocycles. The van der Waals surface area contributed by atoms with Crippen LogP contribution in [0.15, 0.2) is 66.2 Å². The number of rotatable bonds is 10. The molecule has 0 radical (unpaired) electrons. The predicted octanol–water partition coefficient (Wildman–Crippen LogP) is 6.69. The summed E-state index contributed by atoms with van der Waals surface area (Å²) in [5.74, 6) is -1.39. The van der Waals surface area contributed by atoms with Gasteiger partial charge in [0.1, 0.15) is 17.3 Å². The van der Waals surface area contributed by atoms with E-state index in [2.05, 4.69) is 6.92 Å². The van der Waals surface area contributed by atoms with Crippen molar-refractivity contribution in [2.24, 2.45) is 0 Å². The number of hydrogen-bond acceptors (Lipinski definition) is 6. The van der Waals surface area contributed by atoms with Gasteiger partial charge in [-0.15, -0.1) is 0 Å². The Morgan fingerprint density at radius 2 is 1.69 bits per heavy atom. The molecule has 0 saturated carbocycles. The molecule has 204 valence electrons. The largest absolute Gasteiger partial charge is 0.507 e. The molecule has 1 fully saturated rings. The summed E-state index contributed by atoms with van der Waals surface area (Å²) in [6.07, 6.45) is 3.08. The normalized spacial score (nSPS) is 16.4. The van der Waals surface area contributed by atoms with Crippen LogP contribution in [0.1, 0.15) is 43.4 Å². The second kappa shape index (κ2) is 12.2. The topological polar surface area (TPSA) is 85.3 Å². The minimum Gasteiger partial charge on any atom is -0.507 e. The van der Waals surface area contributed by atoms with Gasteiger partial charge in [0.2, 0.25) is 0 Å². The lowest BCUT2D eigenvalue weighted by atomic mass is 9.94. The minimum atomic E-state index is -1.06. The standard InChI is InChI=1S/C30H29ClFNO6/c1-4-5-6-15-39-21-11-7-18(8-12-21)28(34)26-27(19-9-14-24(37-2)25(16-19)38-3)33(30(36)29(26)35)20-10-13-23(32)22(31)17-20/h7-14,16-17,27,34H,4-6,15H2,1-3H3/b28-26+. The van der Waals surface area contributed by atoms with E-state index in [-0.39, 0.29) is 22.0 Å². The molecule has 3 aromatic carbocycles. The van der Waals surface area contributed by atoms with Crippen LogP contribution in [-0.2, 0) is 9.59 Å². The van der Waals surface area contributed by atoms with Crippen LogP contribution in [0.5, 0.6) is 17.2 Å². The highest BCUT2D eigenvalue weighted by Gasteiger charge is 2.47. The SMILES string of the molecule is CCCCCOc1ccc(/C(O)=C2\C(=O)C(=O)N(c3ccc(F)c(Cl)c3)C2c2ccc(OC)c(OC)c2)cc1. The molecule has 3 aromatic rings. The molecule has 7 nitrogen and oxygen atoms in total. The number of aliphatic hydroxyl groups is 1. The maximum Gasteiger partial charge on any atom is 0.300 e. The van der Waals surface area contributed by atoms with Crippen LogP contribution in [0.3, 0.4) is 0 Å². The van der Waals surface area contributed by atoms with E-state index in [9.17, 15) is 19.1 Å². The zero-order valence-electron chi connectivity index (χ0n) is 21.9. The fourth-order valence-corrected chi connectivity index (χ4v) is 4.65. The third-order valence-electron chi connectivity index (χ3n) is 6.49. The van der Waals surface area contributed by atoms with E-state index in [1.807, 2.05) is 0 Å². The van der Waals surface area contributed by atoms with Crippen molar-refractivity contribution >= 4 is 34.7 Å². The summed E-state index contributed by atoms with van der Waals surface area (Å²) in [5.41, 5.74) is 0.851. The molecule has 0 spiro atoms. The fraction of sp³-hybridized carbons (Fsp3) is 0.267. The number of ketones is 1. The van der Waals surface area contributed by atoms with Crippen molar-refractivity contribution in [2.75, 3.05) is 25.7 Å². The average Bonchev–Trinajstić information content (AvgIpc) is 3.22. The first-order valence-electron chi connectivity index (χ1n) is 12.5. The molecule has 1 heterocycles. The number of ether oxygens (including phenoxy) is 3.